The summed E-state index contributed by atoms with van der Waals surface area (Å²) in [5.41, 5.74) is 0. The lowest BCUT2D eigenvalue weighted by Crippen LogP contribution is -2.36. The van der Waals surface area contributed by atoms with E-state index in [1.54, 1.807) is 6.07 Å². The molecule has 0 bridgehead atoms. The lowest BCUT2D eigenvalue weighted by molar-refractivity contribution is 0.369. The second kappa shape index (κ2) is 6.86. The van der Waals surface area contributed by atoms with Crippen LogP contribution < -0.4 is 5.32 Å². The summed E-state index contributed by atoms with van der Waals surface area (Å²) >= 11 is 0. The van der Waals surface area contributed by atoms with Gasteiger partial charge in [-0.05, 0) is 26.3 Å². The zero-order chi connectivity index (χ0) is 14.5. The topological polar surface area (TPSA) is 62.3 Å². The van der Waals surface area contributed by atoms with Crippen molar-refractivity contribution in [2.75, 3.05) is 18.4 Å². The van der Waals surface area contributed by atoms with E-state index >= 15 is 0 Å². The van der Waals surface area contributed by atoms with Gasteiger partial charge in [-0.15, -0.1) is 0 Å². The van der Waals surface area contributed by atoms with Crippen LogP contribution in [-0.4, -0.2) is 36.8 Å². The molecule has 0 saturated carbocycles. The first-order chi connectivity index (χ1) is 8.93. The van der Waals surface area contributed by atoms with E-state index < -0.39 is 10.0 Å². The maximum absolute atomic E-state index is 12.5. The first-order valence-corrected chi connectivity index (χ1v) is 8.09. The zero-order valence-corrected chi connectivity index (χ0v) is 12.9. The van der Waals surface area contributed by atoms with E-state index in [0.29, 0.717) is 12.4 Å². The fourth-order valence-electron chi connectivity index (χ4n) is 1.87. The van der Waals surface area contributed by atoms with Gasteiger partial charge in [0.15, 0.2) is 0 Å². The third-order valence-corrected chi connectivity index (χ3v) is 4.93. The molecule has 108 valence electrons. The smallest absolute Gasteiger partial charge is 0.243 e. The van der Waals surface area contributed by atoms with Crippen molar-refractivity contribution < 1.29 is 8.42 Å². The maximum atomic E-state index is 12.5. The highest BCUT2D eigenvalue weighted by atomic mass is 32.2. The molecule has 5 nitrogen and oxygen atoms in total. The van der Waals surface area contributed by atoms with Crippen LogP contribution in [0.1, 0.15) is 34.1 Å². The molecular weight excluding hydrogens is 262 g/mol. The molecule has 0 radical (unpaired) electrons. The second-order valence-corrected chi connectivity index (χ2v) is 6.50. The van der Waals surface area contributed by atoms with Gasteiger partial charge < -0.3 is 5.32 Å². The molecule has 1 aromatic rings. The van der Waals surface area contributed by atoms with Crippen molar-refractivity contribution >= 4 is 15.8 Å². The molecule has 0 spiro atoms. The number of sulfonamides is 1. The summed E-state index contributed by atoms with van der Waals surface area (Å²) in [6.07, 6.45) is 2.49. The fourth-order valence-corrected chi connectivity index (χ4v) is 3.53. The molecule has 1 heterocycles. The van der Waals surface area contributed by atoms with Gasteiger partial charge in [0, 0.05) is 31.4 Å². The van der Waals surface area contributed by atoms with E-state index in [0.717, 1.165) is 13.0 Å². The molecule has 1 rings (SSSR count). The average molecular weight is 285 g/mol. The largest absolute Gasteiger partial charge is 0.370 e. The number of rotatable bonds is 7. The normalized spacial score (nSPS) is 12.1. The molecule has 0 aromatic carbocycles. The van der Waals surface area contributed by atoms with E-state index in [1.165, 1.54) is 16.6 Å². The number of nitrogens with zero attached hydrogens (tertiary/aromatic N) is 2. The average Bonchev–Trinajstić information content (AvgIpc) is 2.36. The van der Waals surface area contributed by atoms with Gasteiger partial charge in [0.2, 0.25) is 10.0 Å². The van der Waals surface area contributed by atoms with Crippen LogP contribution in [0.4, 0.5) is 5.82 Å². The molecule has 1 N–H and O–H groups in total. The SMILES string of the molecule is CCCNc1cc(S(=O)(=O)N(CC)C(C)C)ccn1. The Hall–Kier alpha value is -1.14. The molecular formula is C13H23N3O2S. The van der Waals surface area contributed by atoms with Crippen LogP contribution in [-0.2, 0) is 10.0 Å². The Morgan fingerprint density at radius 1 is 1.37 bits per heavy atom. The van der Waals surface area contributed by atoms with Crippen molar-refractivity contribution in [3.05, 3.63) is 18.3 Å². The standard InChI is InChI=1S/C13H23N3O2S/c1-5-8-14-13-10-12(7-9-15-13)19(17,18)16(6-2)11(3)4/h7,9-11H,5-6,8H2,1-4H3,(H,14,15). The van der Waals surface area contributed by atoms with E-state index in [2.05, 4.69) is 10.3 Å². The summed E-state index contributed by atoms with van der Waals surface area (Å²) in [4.78, 5) is 4.41. The van der Waals surface area contributed by atoms with Crippen LogP contribution in [0.15, 0.2) is 23.2 Å². The Bertz CT molecular complexity index is 500. The minimum Gasteiger partial charge on any atom is -0.370 e. The van der Waals surface area contributed by atoms with Crippen molar-refractivity contribution in [1.82, 2.24) is 9.29 Å². The third-order valence-electron chi connectivity index (χ3n) is 2.78. The van der Waals surface area contributed by atoms with Crippen LogP contribution in [0.25, 0.3) is 0 Å². The molecule has 0 aliphatic carbocycles. The monoisotopic (exact) mass is 285 g/mol. The number of anilines is 1. The van der Waals surface area contributed by atoms with Crippen molar-refractivity contribution in [1.29, 1.82) is 0 Å². The fraction of sp³-hybridized carbons (Fsp3) is 0.615. The van der Waals surface area contributed by atoms with Gasteiger partial charge >= 0.3 is 0 Å². The number of hydrogen-bond donors (Lipinski definition) is 1. The minimum absolute atomic E-state index is 0.0600. The van der Waals surface area contributed by atoms with Gasteiger partial charge in [0.1, 0.15) is 5.82 Å². The van der Waals surface area contributed by atoms with E-state index in [9.17, 15) is 8.42 Å². The maximum Gasteiger partial charge on any atom is 0.243 e. The summed E-state index contributed by atoms with van der Waals surface area (Å²) < 4.78 is 26.5. The molecule has 19 heavy (non-hydrogen) atoms. The molecule has 0 aliphatic heterocycles. The molecule has 0 atom stereocenters. The Morgan fingerprint density at radius 2 is 2.05 bits per heavy atom. The number of nitrogens with one attached hydrogen (secondary N) is 1. The summed E-state index contributed by atoms with van der Waals surface area (Å²) in [5, 5.41) is 3.10. The number of pyridine rings is 1. The lowest BCUT2D eigenvalue weighted by Gasteiger charge is -2.24. The van der Waals surface area contributed by atoms with Gasteiger partial charge in [-0.25, -0.2) is 13.4 Å². The first-order valence-electron chi connectivity index (χ1n) is 6.65. The molecule has 0 saturated heterocycles. The van der Waals surface area contributed by atoms with Crippen molar-refractivity contribution in [3.63, 3.8) is 0 Å². The van der Waals surface area contributed by atoms with Crippen molar-refractivity contribution in [2.24, 2.45) is 0 Å². The Balaban J connectivity index is 3.07. The third kappa shape index (κ3) is 3.91. The number of aromatic nitrogens is 1. The van der Waals surface area contributed by atoms with Crippen LogP contribution in [0, 0.1) is 0 Å². The highest BCUT2D eigenvalue weighted by molar-refractivity contribution is 7.89. The Labute approximate surface area is 116 Å². The highest BCUT2D eigenvalue weighted by Crippen LogP contribution is 2.19. The van der Waals surface area contributed by atoms with Gasteiger partial charge in [-0.2, -0.15) is 4.31 Å². The molecule has 0 unspecified atom stereocenters. The van der Waals surface area contributed by atoms with Gasteiger partial charge in [0.05, 0.1) is 4.90 Å². The summed E-state index contributed by atoms with van der Waals surface area (Å²) in [6.45, 7) is 8.87. The van der Waals surface area contributed by atoms with Crippen molar-refractivity contribution in [2.45, 2.75) is 45.1 Å². The second-order valence-electron chi connectivity index (χ2n) is 4.61. The van der Waals surface area contributed by atoms with Gasteiger partial charge in [-0.1, -0.05) is 13.8 Å². The predicted molar refractivity (Wildman–Crippen MR) is 77.7 cm³/mol. The molecule has 6 heteroatoms. The van der Waals surface area contributed by atoms with Crippen LogP contribution in [0.3, 0.4) is 0 Å². The quantitative estimate of drug-likeness (QED) is 0.835. The molecule has 0 amide bonds. The first kappa shape index (κ1) is 15.9. The summed E-state index contributed by atoms with van der Waals surface area (Å²) in [7, 11) is -3.44. The Morgan fingerprint density at radius 3 is 2.58 bits per heavy atom. The molecule has 0 fully saturated rings. The van der Waals surface area contributed by atoms with Gasteiger partial charge in [0.25, 0.3) is 0 Å². The zero-order valence-electron chi connectivity index (χ0n) is 12.0. The van der Waals surface area contributed by atoms with E-state index in [4.69, 9.17) is 0 Å². The molecule has 1 aromatic heterocycles. The van der Waals surface area contributed by atoms with Crippen LogP contribution in [0.2, 0.25) is 0 Å². The van der Waals surface area contributed by atoms with Crippen molar-refractivity contribution in [3.8, 4) is 0 Å². The lowest BCUT2D eigenvalue weighted by atomic mass is 10.4. The summed E-state index contributed by atoms with van der Waals surface area (Å²) in [5.74, 6) is 0.600. The van der Waals surface area contributed by atoms with Crippen LogP contribution in [0.5, 0.6) is 0 Å². The van der Waals surface area contributed by atoms with Crippen LogP contribution >= 0.6 is 0 Å². The van der Waals surface area contributed by atoms with E-state index in [1.807, 2.05) is 27.7 Å². The highest BCUT2D eigenvalue weighted by Gasteiger charge is 2.25. The van der Waals surface area contributed by atoms with Gasteiger partial charge in [-0.3, -0.25) is 0 Å². The minimum atomic E-state index is -3.44. The number of hydrogen-bond acceptors (Lipinski definition) is 4. The molecule has 0 aliphatic rings. The summed E-state index contributed by atoms with van der Waals surface area (Å²) in [6, 6.07) is 3.07. The Kier molecular flexibility index (Phi) is 5.75. The predicted octanol–water partition coefficient (Wildman–Crippen LogP) is 2.32. The van der Waals surface area contributed by atoms with E-state index in [-0.39, 0.29) is 10.9 Å².